The van der Waals surface area contributed by atoms with Gasteiger partial charge in [-0.05, 0) is 36.4 Å². The predicted octanol–water partition coefficient (Wildman–Crippen LogP) is 1.84. The molecule has 1 aliphatic heterocycles. The Morgan fingerprint density at radius 3 is 2.93 bits per heavy atom. The largest absolute Gasteiger partial charge is 0.345 e. The minimum atomic E-state index is -0.279. The summed E-state index contributed by atoms with van der Waals surface area (Å²) in [6, 6.07) is 15.8. The number of nitrogens with one attached hydrogen (secondary N) is 2. The second-order valence-corrected chi connectivity index (χ2v) is 6.47. The topological polar surface area (TPSA) is 113 Å². The van der Waals surface area contributed by atoms with Crippen LogP contribution in [0.2, 0.25) is 0 Å². The van der Waals surface area contributed by atoms with E-state index in [-0.39, 0.29) is 17.9 Å². The summed E-state index contributed by atoms with van der Waals surface area (Å²) in [4.78, 5) is 24.9. The van der Waals surface area contributed by atoms with Gasteiger partial charge in [0.05, 0.1) is 17.7 Å². The lowest BCUT2D eigenvalue weighted by molar-refractivity contribution is 0.0904. The standard InChI is InChI=1S/C20H17N5O2/c21-9-12-2-1-3-15(6-12)23-19(26)14-5-4-13-7-18-20(27)24-16(10-22)11-25(18)17(13)8-14/h1-8,16H,10-11,22H2,(H,23,26)(H,24,27)/t16-/m1/s1. The van der Waals surface area contributed by atoms with E-state index in [9.17, 15) is 9.59 Å². The fourth-order valence-corrected chi connectivity index (χ4v) is 3.31. The van der Waals surface area contributed by atoms with Crippen molar-refractivity contribution < 1.29 is 9.59 Å². The predicted molar refractivity (Wildman–Crippen MR) is 101 cm³/mol. The molecule has 134 valence electrons. The molecule has 0 saturated carbocycles. The molecule has 7 heteroatoms. The van der Waals surface area contributed by atoms with E-state index in [1.54, 1.807) is 36.4 Å². The molecule has 2 aromatic carbocycles. The van der Waals surface area contributed by atoms with Crippen molar-refractivity contribution in [2.45, 2.75) is 12.6 Å². The zero-order valence-corrected chi connectivity index (χ0v) is 14.4. The Balaban J connectivity index is 1.68. The summed E-state index contributed by atoms with van der Waals surface area (Å²) in [6.07, 6.45) is 0. The van der Waals surface area contributed by atoms with Gasteiger partial charge >= 0.3 is 0 Å². The highest BCUT2D eigenvalue weighted by molar-refractivity contribution is 6.07. The van der Waals surface area contributed by atoms with E-state index in [1.165, 1.54) is 0 Å². The first-order valence-corrected chi connectivity index (χ1v) is 8.55. The van der Waals surface area contributed by atoms with Crippen molar-refractivity contribution in [3.63, 3.8) is 0 Å². The molecule has 1 aliphatic rings. The molecule has 7 nitrogen and oxygen atoms in total. The lowest BCUT2D eigenvalue weighted by Gasteiger charge is -2.25. The molecular weight excluding hydrogens is 342 g/mol. The van der Waals surface area contributed by atoms with Crippen molar-refractivity contribution in [1.29, 1.82) is 5.26 Å². The number of rotatable bonds is 3. The highest BCUT2D eigenvalue weighted by atomic mass is 16.2. The first kappa shape index (κ1) is 16.8. The molecule has 0 radical (unpaired) electrons. The molecule has 0 aliphatic carbocycles. The Morgan fingerprint density at radius 2 is 2.15 bits per heavy atom. The minimum Gasteiger partial charge on any atom is -0.345 e. The number of hydrogen-bond acceptors (Lipinski definition) is 4. The summed E-state index contributed by atoms with van der Waals surface area (Å²) in [6.45, 7) is 0.913. The molecule has 2 amide bonds. The van der Waals surface area contributed by atoms with E-state index < -0.39 is 0 Å². The van der Waals surface area contributed by atoms with E-state index in [4.69, 9.17) is 11.0 Å². The maximum atomic E-state index is 12.6. The van der Waals surface area contributed by atoms with Crippen molar-refractivity contribution in [1.82, 2.24) is 9.88 Å². The first-order chi connectivity index (χ1) is 13.1. The van der Waals surface area contributed by atoms with Gasteiger partial charge in [-0.25, -0.2) is 0 Å². The molecule has 4 rings (SSSR count). The van der Waals surface area contributed by atoms with Gasteiger partial charge in [0.1, 0.15) is 5.69 Å². The minimum absolute atomic E-state index is 0.133. The number of hydrogen-bond donors (Lipinski definition) is 3. The van der Waals surface area contributed by atoms with E-state index in [2.05, 4.69) is 10.6 Å². The average molecular weight is 359 g/mol. The summed E-state index contributed by atoms with van der Waals surface area (Å²) in [5.74, 6) is -0.439. The van der Waals surface area contributed by atoms with Gasteiger partial charge in [0.2, 0.25) is 0 Å². The summed E-state index contributed by atoms with van der Waals surface area (Å²) in [5, 5.41) is 15.5. The molecule has 3 aromatic rings. The SMILES string of the molecule is N#Cc1cccc(NC(=O)c2ccc3cc4n(c3c2)C[C@@H](CN)NC4=O)c1. The Kier molecular flexibility index (Phi) is 4.11. The van der Waals surface area contributed by atoms with Crippen molar-refractivity contribution in [3.8, 4) is 6.07 Å². The molecule has 1 atom stereocenters. The Labute approximate surface area is 155 Å². The fourth-order valence-electron chi connectivity index (χ4n) is 3.31. The van der Waals surface area contributed by atoms with Crippen LogP contribution in [0, 0.1) is 11.3 Å². The smallest absolute Gasteiger partial charge is 0.268 e. The molecule has 0 unspecified atom stereocenters. The zero-order valence-electron chi connectivity index (χ0n) is 14.4. The van der Waals surface area contributed by atoms with Crippen LogP contribution >= 0.6 is 0 Å². The molecule has 1 aromatic heterocycles. The molecule has 0 bridgehead atoms. The number of carbonyl (C=O) groups excluding carboxylic acids is 2. The van der Waals surface area contributed by atoms with Crippen LogP contribution in [-0.4, -0.2) is 29.0 Å². The highest BCUT2D eigenvalue weighted by Gasteiger charge is 2.25. The van der Waals surface area contributed by atoms with Gasteiger partial charge in [0, 0.05) is 35.2 Å². The van der Waals surface area contributed by atoms with Crippen molar-refractivity contribution in [3.05, 3.63) is 65.4 Å². The number of amides is 2. The third-order valence-corrected chi connectivity index (χ3v) is 4.67. The maximum absolute atomic E-state index is 12.6. The van der Waals surface area contributed by atoms with Crippen molar-refractivity contribution in [2.24, 2.45) is 5.73 Å². The molecule has 27 heavy (non-hydrogen) atoms. The number of nitriles is 1. The van der Waals surface area contributed by atoms with E-state index in [0.717, 1.165) is 10.9 Å². The van der Waals surface area contributed by atoms with Gasteiger partial charge in [-0.15, -0.1) is 0 Å². The van der Waals surface area contributed by atoms with Crippen molar-refractivity contribution >= 4 is 28.4 Å². The van der Waals surface area contributed by atoms with Crippen LogP contribution in [0.25, 0.3) is 10.9 Å². The van der Waals surface area contributed by atoms with Gasteiger partial charge in [0.25, 0.3) is 11.8 Å². The number of carbonyl (C=O) groups is 2. The highest BCUT2D eigenvalue weighted by Crippen LogP contribution is 2.24. The second-order valence-electron chi connectivity index (χ2n) is 6.47. The van der Waals surface area contributed by atoms with E-state index >= 15 is 0 Å². The molecule has 0 spiro atoms. The van der Waals surface area contributed by atoms with Gasteiger partial charge < -0.3 is 20.9 Å². The quantitative estimate of drug-likeness (QED) is 0.662. The molecule has 0 saturated heterocycles. The Hall–Kier alpha value is -3.63. The average Bonchev–Trinajstić information content (AvgIpc) is 3.06. The Morgan fingerprint density at radius 1 is 1.30 bits per heavy atom. The lowest BCUT2D eigenvalue weighted by Crippen LogP contribution is -2.47. The van der Waals surface area contributed by atoms with Crippen molar-refractivity contribution in [2.75, 3.05) is 11.9 Å². The third kappa shape index (κ3) is 3.03. The summed E-state index contributed by atoms with van der Waals surface area (Å²) in [7, 11) is 0. The van der Waals surface area contributed by atoms with Crippen LogP contribution in [0.5, 0.6) is 0 Å². The van der Waals surface area contributed by atoms with E-state index in [0.29, 0.717) is 35.6 Å². The number of fused-ring (bicyclic) bond motifs is 3. The third-order valence-electron chi connectivity index (χ3n) is 4.67. The van der Waals surface area contributed by atoms with Gasteiger partial charge in [0.15, 0.2) is 0 Å². The zero-order chi connectivity index (χ0) is 19.0. The number of benzene rings is 2. The van der Waals surface area contributed by atoms with Gasteiger partial charge in [-0.2, -0.15) is 5.26 Å². The second kappa shape index (κ2) is 6.59. The lowest BCUT2D eigenvalue weighted by atomic mass is 10.1. The molecule has 0 fully saturated rings. The fraction of sp³-hybridized carbons (Fsp3) is 0.150. The Bertz CT molecular complexity index is 1110. The summed E-state index contributed by atoms with van der Waals surface area (Å²) in [5.41, 5.74) is 8.59. The number of anilines is 1. The summed E-state index contributed by atoms with van der Waals surface area (Å²) >= 11 is 0. The normalized spacial score (nSPS) is 15.7. The number of nitrogens with two attached hydrogens (primary N) is 1. The van der Waals surface area contributed by atoms with E-state index in [1.807, 2.05) is 22.8 Å². The van der Waals surface area contributed by atoms with Crippen LogP contribution in [0.4, 0.5) is 5.69 Å². The number of nitrogens with zero attached hydrogens (tertiary/aromatic N) is 2. The number of aromatic nitrogens is 1. The van der Waals surface area contributed by atoms with Gasteiger partial charge in [-0.1, -0.05) is 12.1 Å². The molecule has 2 heterocycles. The van der Waals surface area contributed by atoms with Gasteiger partial charge in [-0.3, -0.25) is 9.59 Å². The first-order valence-electron chi connectivity index (χ1n) is 8.55. The van der Waals surface area contributed by atoms with Crippen LogP contribution in [0.3, 0.4) is 0 Å². The van der Waals surface area contributed by atoms with Crippen LogP contribution in [-0.2, 0) is 6.54 Å². The van der Waals surface area contributed by atoms with Crippen LogP contribution in [0.15, 0.2) is 48.5 Å². The molecular formula is C20H17N5O2. The molecule has 4 N–H and O–H groups in total. The van der Waals surface area contributed by atoms with Crippen LogP contribution < -0.4 is 16.4 Å². The summed E-state index contributed by atoms with van der Waals surface area (Å²) < 4.78 is 1.90. The maximum Gasteiger partial charge on any atom is 0.268 e. The monoisotopic (exact) mass is 359 g/mol. The van der Waals surface area contributed by atoms with Crippen LogP contribution in [0.1, 0.15) is 26.4 Å².